The van der Waals surface area contributed by atoms with E-state index in [0.717, 1.165) is 25.9 Å². The van der Waals surface area contributed by atoms with Crippen molar-refractivity contribution in [1.82, 2.24) is 15.5 Å². The van der Waals surface area contributed by atoms with E-state index in [1.165, 1.54) is 11.3 Å². The standard InChI is InChI=1S/C15H23N3O2S/c1-12-4-2-8-18(10-12)11-14(19)17-15(20)16-7-6-13-5-3-9-21-13/h3,5,9,12H,2,4,6-8,10-11H2,1H3,(H2,16,17,19,20). The highest BCUT2D eigenvalue weighted by atomic mass is 32.1. The predicted molar refractivity (Wildman–Crippen MR) is 84.4 cm³/mol. The summed E-state index contributed by atoms with van der Waals surface area (Å²) in [6.45, 7) is 4.93. The first-order valence-electron chi connectivity index (χ1n) is 7.46. The Balaban J connectivity index is 1.61. The van der Waals surface area contributed by atoms with E-state index in [2.05, 4.69) is 22.5 Å². The maximum absolute atomic E-state index is 11.8. The second-order valence-electron chi connectivity index (χ2n) is 5.62. The molecule has 1 aromatic rings. The van der Waals surface area contributed by atoms with Gasteiger partial charge in [-0.2, -0.15) is 0 Å². The van der Waals surface area contributed by atoms with Crippen molar-refractivity contribution in [2.24, 2.45) is 5.92 Å². The third-order valence-electron chi connectivity index (χ3n) is 3.60. The van der Waals surface area contributed by atoms with Gasteiger partial charge in [-0.05, 0) is 43.2 Å². The zero-order valence-corrected chi connectivity index (χ0v) is 13.2. The van der Waals surface area contributed by atoms with Crippen LogP contribution in [0.2, 0.25) is 0 Å². The zero-order chi connectivity index (χ0) is 15.1. The molecule has 0 aromatic carbocycles. The first-order chi connectivity index (χ1) is 10.1. The summed E-state index contributed by atoms with van der Waals surface area (Å²) < 4.78 is 0. The number of nitrogens with zero attached hydrogens (tertiary/aromatic N) is 1. The second-order valence-corrected chi connectivity index (χ2v) is 6.65. The number of imide groups is 1. The molecule has 1 fully saturated rings. The number of hydrogen-bond acceptors (Lipinski definition) is 4. The van der Waals surface area contributed by atoms with Crippen LogP contribution in [0.1, 0.15) is 24.6 Å². The van der Waals surface area contributed by atoms with Crippen molar-refractivity contribution in [2.45, 2.75) is 26.2 Å². The van der Waals surface area contributed by atoms with Crippen molar-refractivity contribution < 1.29 is 9.59 Å². The van der Waals surface area contributed by atoms with Crippen molar-refractivity contribution in [2.75, 3.05) is 26.2 Å². The Kier molecular flexibility index (Phi) is 6.20. The molecule has 2 rings (SSSR count). The van der Waals surface area contributed by atoms with E-state index in [1.54, 1.807) is 11.3 Å². The Morgan fingerprint density at radius 3 is 3.05 bits per heavy atom. The first kappa shape index (κ1) is 16.0. The highest BCUT2D eigenvalue weighted by Crippen LogP contribution is 2.14. The van der Waals surface area contributed by atoms with Gasteiger partial charge in [-0.15, -0.1) is 11.3 Å². The van der Waals surface area contributed by atoms with Crippen molar-refractivity contribution in [3.63, 3.8) is 0 Å². The molecule has 2 N–H and O–H groups in total. The van der Waals surface area contributed by atoms with Crippen LogP contribution in [0.15, 0.2) is 17.5 Å². The van der Waals surface area contributed by atoms with Crippen molar-refractivity contribution >= 4 is 23.3 Å². The van der Waals surface area contributed by atoms with E-state index in [9.17, 15) is 9.59 Å². The molecule has 1 unspecified atom stereocenters. The van der Waals surface area contributed by atoms with Gasteiger partial charge < -0.3 is 5.32 Å². The lowest BCUT2D eigenvalue weighted by Crippen LogP contribution is -2.46. The highest BCUT2D eigenvalue weighted by Gasteiger charge is 2.19. The third kappa shape index (κ3) is 5.85. The Labute approximate surface area is 129 Å². The van der Waals surface area contributed by atoms with Crippen LogP contribution < -0.4 is 10.6 Å². The number of likely N-dealkylation sites (tertiary alicyclic amines) is 1. The van der Waals surface area contributed by atoms with Gasteiger partial charge in [0, 0.05) is 18.0 Å². The number of rotatable bonds is 5. The quantitative estimate of drug-likeness (QED) is 0.872. The summed E-state index contributed by atoms with van der Waals surface area (Å²) >= 11 is 1.67. The summed E-state index contributed by atoms with van der Waals surface area (Å²) in [6, 6.07) is 3.62. The van der Waals surface area contributed by atoms with E-state index in [4.69, 9.17) is 0 Å². The molecule has 2 heterocycles. The Hall–Kier alpha value is -1.40. The lowest BCUT2D eigenvalue weighted by Gasteiger charge is -2.29. The molecule has 0 saturated carbocycles. The van der Waals surface area contributed by atoms with Crippen LogP contribution in [-0.2, 0) is 11.2 Å². The molecule has 1 aliphatic rings. The largest absolute Gasteiger partial charge is 0.337 e. The number of hydrogen-bond donors (Lipinski definition) is 2. The van der Waals surface area contributed by atoms with E-state index in [0.29, 0.717) is 19.0 Å². The van der Waals surface area contributed by atoms with E-state index in [-0.39, 0.29) is 5.91 Å². The molecule has 0 bridgehead atoms. The van der Waals surface area contributed by atoms with Crippen LogP contribution in [0.3, 0.4) is 0 Å². The van der Waals surface area contributed by atoms with Crippen LogP contribution in [0, 0.1) is 5.92 Å². The van der Waals surface area contributed by atoms with Crippen molar-refractivity contribution in [1.29, 1.82) is 0 Å². The topological polar surface area (TPSA) is 61.4 Å². The average molecular weight is 309 g/mol. The number of carbonyl (C=O) groups is 2. The zero-order valence-electron chi connectivity index (χ0n) is 12.4. The van der Waals surface area contributed by atoms with Gasteiger partial charge in [0.1, 0.15) is 0 Å². The molecule has 116 valence electrons. The van der Waals surface area contributed by atoms with E-state index >= 15 is 0 Å². The van der Waals surface area contributed by atoms with Gasteiger partial charge in [-0.3, -0.25) is 15.0 Å². The molecular formula is C15H23N3O2S. The molecule has 1 aliphatic heterocycles. The number of urea groups is 1. The van der Waals surface area contributed by atoms with Gasteiger partial charge in [-0.25, -0.2) is 4.79 Å². The number of nitrogens with one attached hydrogen (secondary N) is 2. The average Bonchev–Trinajstić information content (AvgIpc) is 2.91. The minimum Gasteiger partial charge on any atom is -0.337 e. The van der Waals surface area contributed by atoms with Crippen LogP contribution in [-0.4, -0.2) is 43.0 Å². The lowest BCUT2D eigenvalue weighted by molar-refractivity contribution is -0.121. The molecule has 21 heavy (non-hydrogen) atoms. The number of carbonyl (C=O) groups excluding carboxylic acids is 2. The Morgan fingerprint density at radius 2 is 2.33 bits per heavy atom. The molecule has 0 spiro atoms. The fraction of sp³-hybridized carbons (Fsp3) is 0.600. The molecule has 3 amide bonds. The van der Waals surface area contributed by atoms with Gasteiger partial charge in [0.05, 0.1) is 6.54 Å². The van der Waals surface area contributed by atoms with Gasteiger partial charge in [-0.1, -0.05) is 13.0 Å². The molecule has 0 aliphatic carbocycles. The van der Waals surface area contributed by atoms with Crippen LogP contribution in [0.4, 0.5) is 4.79 Å². The van der Waals surface area contributed by atoms with Crippen molar-refractivity contribution in [3.05, 3.63) is 22.4 Å². The lowest BCUT2D eigenvalue weighted by atomic mass is 10.0. The smallest absolute Gasteiger partial charge is 0.321 e. The minimum atomic E-state index is -0.401. The minimum absolute atomic E-state index is 0.224. The highest BCUT2D eigenvalue weighted by molar-refractivity contribution is 7.09. The molecule has 6 heteroatoms. The Bertz CT molecular complexity index is 461. The summed E-state index contributed by atoms with van der Waals surface area (Å²) in [4.78, 5) is 26.8. The summed E-state index contributed by atoms with van der Waals surface area (Å²) in [6.07, 6.45) is 3.14. The van der Waals surface area contributed by atoms with Crippen molar-refractivity contribution in [3.8, 4) is 0 Å². The second kappa shape index (κ2) is 8.14. The summed E-state index contributed by atoms with van der Waals surface area (Å²) in [5, 5.41) is 7.12. The van der Waals surface area contributed by atoms with Gasteiger partial charge >= 0.3 is 6.03 Å². The van der Waals surface area contributed by atoms with E-state index in [1.807, 2.05) is 17.5 Å². The third-order valence-corrected chi connectivity index (χ3v) is 4.53. The fourth-order valence-electron chi connectivity index (χ4n) is 2.60. The normalized spacial score (nSPS) is 19.2. The molecule has 1 aromatic heterocycles. The maximum atomic E-state index is 11.8. The van der Waals surface area contributed by atoms with Crippen LogP contribution in [0.5, 0.6) is 0 Å². The van der Waals surface area contributed by atoms with Gasteiger partial charge in [0.15, 0.2) is 0 Å². The monoisotopic (exact) mass is 309 g/mol. The summed E-state index contributed by atoms with van der Waals surface area (Å²) in [5.41, 5.74) is 0. The fourth-order valence-corrected chi connectivity index (χ4v) is 3.31. The number of piperidine rings is 1. The molecule has 1 saturated heterocycles. The first-order valence-corrected chi connectivity index (χ1v) is 8.34. The number of amides is 3. The molecule has 5 nitrogen and oxygen atoms in total. The van der Waals surface area contributed by atoms with Crippen LogP contribution >= 0.6 is 11.3 Å². The van der Waals surface area contributed by atoms with E-state index < -0.39 is 6.03 Å². The summed E-state index contributed by atoms with van der Waals surface area (Å²) in [7, 11) is 0. The molecule has 0 radical (unpaired) electrons. The van der Waals surface area contributed by atoms with Gasteiger partial charge in [0.2, 0.25) is 5.91 Å². The van der Waals surface area contributed by atoms with Gasteiger partial charge in [0.25, 0.3) is 0 Å². The van der Waals surface area contributed by atoms with Crippen LogP contribution in [0.25, 0.3) is 0 Å². The Morgan fingerprint density at radius 1 is 1.48 bits per heavy atom. The predicted octanol–water partition coefficient (Wildman–Crippen LogP) is 1.85. The SMILES string of the molecule is CC1CCCN(CC(=O)NC(=O)NCCc2cccs2)C1. The molecular weight excluding hydrogens is 286 g/mol. The molecule has 1 atom stereocenters. The number of thiophene rings is 1. The summed E-state index contributed by atoms with van der Waals surface area (Å²) in [5.74, 6) is 0.406. The maximum Gasteiger partial charge on any atom is 0.321 e.